The van der Waals surface area contributed by atoms with E-state index in [-0.39, 0.29) is 5.91 Å². The molecule has 1 aromatic heterocycles. The van der Waals surface area contributed by atoms with Crippen LogP contribution < -0.4 is 0 Å². The van der Waals surface area contributed by atoms with Crippen LogP contribution >= 0.6 is 0 Å². The first-order valence-corrected chi connectivity index (χ1v) is 8.43. The van der Waals surface area contributed by atoms with E-state index < -0.39 is 0 Å². The van der Waals surface area contributed by atoms with Gasteiger partial charge in [-0.2, -0.15) is 5.26 Å². The van der Waals surface area contributed by atoms with E-state index in [1.165, 1.54) is 5.57 Å². The van der Waals surface area contributed by atoms with E-state index in [1.807, 2.05) is 49.1 Å². The van der Waals surface area contributed by atoms with E-state index in [9.17, 15) is 10.1 Å². The molecule has 3 rings (SSSR count). The van der Waals surface area contributed by atoms with Crippen LogP contribution in [0.15, 0.2) is 42.0 Å². The monoisotopic (exact) mass is 331 g/mol. The Balaban J connectivity index is 1.89. The Bertz CT molecular complexity index is 889. The van der Waals surface area contributed by atoms with Gasteiger partial charge in [-0.25, -0.2) is 0 Å². The molecular formula is C21H21N3O. The molecule has 0 saturated heterocycles. The highest BCUT2D eigenvalue weighted by molar-refractivity contribution is 5.95. The minimum atomic E-state index is 0.0455. The van der Waals surface area contributed by atoms with Gasteiger partial charge in [0, 0.05) is 29.9 Å². The van der Waals surface area contributed by atoms with Gasteiger partial charge in [0.2, 0.25) is 0 Å². The Labute approximate surface area is 148 Å². The molecule has 1 aromatic carbocycles. The zero-order valence-corrected chi connectivity index (χ0v) is 14.8. The van der Waals surface area contributed by atoms with Crippen LogP contribution in [0.4, 0.5) is 0 Å². The largest absolute Gasteiger partial charge is 0.335 e. The highest BCUT2D eigenvalue weighted by Crippen LogP contribution is 2.25. The summed E-state index contributed by atoms with van der Waals surface area (Å²) in [6.07, 6.45) is 3.04. The molecule has 1 aliphatic rings. The third-order valence-corrected chi connectivity index (χ3v) is 4.59. The number of benzene rings is 1. The lowest BCUT2D eigenvalue weighted by Gasteiger charge is -2.25. The summed E-state index contributed by atoms with van der Waals surface area (Å²) in [6.45, 7) is 7.37. The van der Waals surface area contributed by atoms with Gasteiger partial charge in [-0.3, -0.25) is 9.78 Å². The topological polar surface area (TPSA) is 57.0 Å². The highest BCUT2D eigenvalue weighted by Gasteiger charge is 2.18. The molecule has 25 heavy (non-hydrogen) atoms. The van der Waals surface area contributed by atoms with Gasteiger partial charge in [-0.05, 0) is 51.0 Å². The van der Waals surface area contributed by atoms with Gasteiger partial charge < -0.3 is 4.90 Å². The smallest absolute Gasteiger partial charge is 0.254 e. The van der Waals surface area contributed by atoms with Gasteiger partial charge in [-0.15, -0.1) is 0 Å². The van der Waals surface area contributed by atoms with Crippen LogP contribution in [0.25, 0.3) is 11.3 Å². The second-order valence-electron chi connectivity index (χ2n) is 6.54. The van der Waals surface area contributed by atoms with Gasteiger partial charge in [0.15, 0.2) is 0 Å². The van der Waals surface area contributed by atoms with Gasteiger partial charge in [0.05, 0.1) is 11.3 Å². The zero-order valence-electron chi connectivity index (χ0n) is 14.8. The Morgan fingerprint density at radius 3 is 2.52 bits per heavy atom. The molecule has 0 bridgehead atoms. The van der Waals surface area contributed by atoms with Gasteiger partial charge in [-0.1, -0.05) is 23.8 Å². The molecular weight excluding hydrogens is 310 g/mol. The number of rotatable bonds is 2. The summed E-state index contributed by atoms with van der Waals surface area (Å²) in [5.41, 5.74) is 5.91. The fourth-order valence-corrected chi connectivity index (χ4v) is 3.10. The number of carbonyl (C=O) groups is 1. The first-order valence-electron chi connectivity index (χ1n) is 8.43. The predicted molar refractivity (Wildman–Crippen MR) is 98.1 cm³/mol. The van der Waals surface area contributed by atoms with E-state index in [0.29, 0.717) is 23.4 Å². The van der Waals surface area contributed by atoms with E-state index in [4.69, 9.17) is 0 Å². The van der Waals surface area contributed by atoms with Gasteiger partial charge >= 0.3 is 0 Å². The van der Waals surface area contributed by atoms with Crippen molar-refractivity contribution in [2.24, 2.45) is 0 Å². The summed E-state index contributed by atoms with van der Waals surface area (Å²) in [4.78, 5) is 19.0. The molecule has 0 fully saturated rings. The number of aryl methyl sites for hydroxylation is 2. The lowest BCUT2D eigenvalue weighted by Crippen LogP contribution is -2.34. The summed E-state index contributed by atoms with van der Waals surface area (Å²) < 4.78 is 0. The molecule has 2 aromatic rings. The number of hydrogen-bond acceptors (Lipinski definition) is 3. The molecule has 2 heterocycles. The van der Waals surface area contributed by atoms with Crippen LogP contribution in [0.5, 0.6) is 0 Å². The minimum Gasteiger partial charge on any atom is -0.335 e. The lowest BCUT2D eigenvalue weighted by atomic mass is 10.00. The van der Waals surface area contributed by atoms with Crippen LogP contribution in [-0.4, -0.2) is 28.9 Å². The van der Waals surface area contributed by atoms with Crippen molar-refractivity contribution in [1.82, 2.24) is 9.88 Å². The fraction of sp³-hybridized carbons (Fsp3) is 0.286. The number of hydrogen-bond donors (Lipinski definition) is 0. The van der Waals surface area contributed by atoms with Crippen molar-refractivity contribution in [1.29, 1.82) is 5.26 Å². The molecule has 1 amide bonds. The molecule has 0 atom stereocenters. The van der Waals surface area contributed by atoms with Crippen LogP contribution in [0.1, 0.15) is 40.5 Å². The molecule has 0 unspecified atom stereocenters. The van der Waals surface area contributed by atoms with Gasteiger partial charge in [0.25, 0.3) is 5.91 Å². The first-order chi connectivity index (χ1) is 12.0. The zero-order chi connectivity index (χ0) is 18.0. The number of nitrogens with zero attached hydrogens (tertiary/aromatic N) is 3. The van der Waals surface area contributed by atoms with Gasteiger partial charge in [0.1, 0.15) is 6.07 Å². The summed E-state index contributed by atoms with van der Waals surface area (Å²) in [7, 11) is 0. The molecule has 0 saturated carbocycles. The maximum absolute atomic E-state index is 12.6. The third kappa shape index (κ3) is 3.46. The first kappa shape index (κ1) is 16.9. The van der Waals surface area contributed by atoms with Crippen molar-refractivity contribution in [3.63, 3.8) is 0 Å². The number of amides is 1. The number of aromatic nitrogens is 1. The SMILES string of the molecule is CC1=CCN(C(=O)c2ccc(-c3nc(C)cc(C)c3C#N)cc2)CC1. The molecule has 0 aliphatic carbocycles. The predicted octanol–water partition coefficient (Wildman–Crippen LogP) is 4.03. The Kier molecular flexibility index (Phi) is 4.67. The molecule has 0 spiro atoms. The molecule has 4 heteroatoms. The van der Waals surface area contributed by atoms with Crippen LogP contribution in [-0.2, 0) is 0 Å². The van der Waals surface area contributed by atoms with E-state index in [0.717, 1.165) is 29.8 Å². The minimum absolute atomic E-state index is 0.0455. The summed E-state index contributed by atoms with van der Waals surface area (Å²) in [6, 6.07) is 11.5. The Hall–Kier alpha value is -2.93. The molecule has 126 valence electrons. The number of pyridine rings is 1. The Morgan fingerprint density at radius 2 is 1.92 bits per heavy atom. The molecule has 1 aliphatic heterocycles. The average molecular weight is 331 g/mol. The third-order valence-electron chi connectivity index (χ3n) is 4.59. The van der Waals surface area contributed by atoms with E-state index in [2.05, 4.69) is 24.1 Å². The lowest BCUT2D eigenvalue weighted by molar-refractivity contribution is 0.0769. The molecule has 0 radical (unpaired) electrons. The normalized spacial score (nSPS) is 14.0. The van der Waals surface area contributed by atoms with Crippen molar-refractivity contribution in [3.05, 3.63) is 64.4 Å². The maximum atomic E-state index is 12.6. The van der Waals surface area contributed by atoms with Crippen molar-refractivity contribution in [3.8, 4) is 17.3 Å². The number of carbonyl (C=O) groups excluding carboxylic acids is 1. The summed E-state index contributed by atoms with van der Waals surface area (Å²) in [5, 5.41) is 9.43. The van der Waals surface area contributed by atoms with Crippen molar-refractivity contribution >= 4 is 5.91 Å². The standard InChI is InChI=1S/C21H21N3O/c1-14-8-10-24(11-9-14)21(25)18-6-4-17(5-7-18)20-19(13-22)15(2)12-16(3)23-20/h4-8,12H,9-11H2,1-3H3. The maximum Gasteiger partial charge on any atom is 0.254 e. The van der Waals surface area contributed by atoms with E-state index >= 15 is 0 Å². The second kappa shape index (κ2) is 6.90. The van der Waals surface area contributed by atoms with E-state index in [1.54, 1.807) is 0 Å². The highest BCUT2D eigenvalue weighted by atomic mass is 16.2. The van der Waals surface area contributed by atoms with Crippen LogP contribution in [0.2, 0.25) is 0 Å². The fourth-order valence-electron chi connectivity index (χ4n) is 3.10. The number of nitriles is 1. The summed E-state index contributed by atoms with van der Waals surface area (Å²) >= 11 is 0. The van der Waals surface area contributed by atoms with Crippen LogP contribution in [0, 0.1) is 25.2 Å². The molecule has 4 nitrogen and oxygen atoms in total. The van der Waals surface area contributed by atoms with Crippen molar-refractivity contribution < 1.29 is 4.79 Å². The average Bonchev–Trinajstić information content (AvgIpc) is 2.61. The van der Waals surface area contributed by atoms with Crippen molar-refractivity contribution in [2.75, 3.05) is 13.1 Å². The quantitative estimate of drug-likeness (QED) is 0.781. The summed E-state index contributed by atoms with van der Waals surface area (Å²) in [5.74, 6) is 0.0455. The van der Waals surface area contributed by atoms with Crippen LogP contribution in [0.3, 0.4) is 0 Å². The second-order valence-corrected chi connectivity index (χ2v) is 6.54. The van der Waals surface area contributed by atoms with Crippen molar-refractivity contribution in [2.45, 2.75) is 27.2 Å². The molecule has 0 N–H and O–H groups in total. The Morgan fingerprint density at radius 1 is 1.20 bits per heavy atom.